The van der Waals surface area contributed by atoms with Crippen molar-refractivity contribution >= 4 is 0 Å². The quantitative estimate of drug-likeness (QED) is 0.890. The van der Waals surface area contributed by atoms with Gasteiger partial charge in [0.15, 0.2) is 11.6 Å². The van der Waals surface area contributed by atoms with Gasteiger partial charge in [-0.3, -0.25) is 9.80 Å². The van der Waals surface area contributed by atoms with E-state index in [1.54, 1.807) is 12.1 Å². The van der Waals surface area contributed by atoms with Gasteiger partial charge < -0.3 is 10.1 Å². The number of piperazine rings is 1. The Morgan fingerprint density at radius 1 is 1.32 bits per heavy atom. The van der Waals surface area contributed by atoms with Crippen LogP contribution in [0, 0.1) is 5.82 Å². The molecule has 0 bridgehead atoms. The van der Waals surface area contributed by atoms with Crippen LogP contribution >= 0.6 is 0 Å². The van der Waals surface area contributed by atoms with Crippen molar-refractivity contribution in [2.24, 2.45) is 0 Å². The second kappa shape index (κ2) is 6.32. The van der Waals surface area contributed by atoms with Gasteiger partial charge in [0.1, 0.15) is 0 Å². The average Bonchev–Trinajstić information content (AvgIpc) is 2.40. The number of benzene rings is 1. The third kappa shape index (κ3) is 3.23. The molecule has 4 nitrogen and oxygen atoms in total. The number of hydrogen-bond donors (Lipinski definition) is 1. The van der Waals surface area contributed by atoms with E-state index in [2.05, 4.69) is 15.1 Å². The number of methoxy groups -OCH3 is 1. The highest BCUT2D eigenvalue weighted by molar-refractivity contribution is 5.31. The zero-order valence-corrected chi connectivity index (χ0v) is 11.8. The summed E-state index contributed by atoms with van der Waals surface area (Å²) in [5, 5.41) is 3.34. The first-order valence-electron chi connectivity index (χ1n) is 6.58. The molecule has 106 valence electrons. The first-order valence-corrected chi connectivity index (χ1v) is 6.58. The molecule has 2 rings (SSSR count). The summed E-state index contributed by atoms with van der Waals surface area (Å²) in [5.41, 5.74) is 0.963. The van der Waals surface area contributed by atoms with Gasteiger partial charge in [-0.1, -0.05) is 6.07 Å². The smallest absolute Gasteiger partial charge is 0.165 e. The summed E-state index contributed by atoms with van der Waals surface area (Å²) >= 11 is 0. The lowest BCUT2D eigenvalue weighted by atomic mass is 10.1. The third-order valence-electron chi connectivity index (χ3n) is 3.46. The largest absolute Gasteiger partial charge is 0.494 e. The highest BCUT2D eigenvalue weighted by Gasteiger charge is 2.24. The van der Waals surface area contributed by atoms with E-state index in [4.69, 9.17) is 4.74 Å². The lowest BCUT2D eigenvalue weighted by Crippen LogP contribution is -2.48. The molecule has 1 N–H and O–H groups in total. The van der Waals surface area contributed by atoms with Gasteiger partial charge in [-0.05, 0) is 31.8 Å². The molecule has 19 heavy (non-hydrogen) atoms. The van der Waals surface area contributed by atoms with Crippen LogP contribution in [0.1, 0.15) is 11.7 Å². The van der Waals surface area contributed by atoms with Crippen LogP contribution < -0.4 is 10.1 Å². The Hall–Kier alpha value is -1.17. The maximum atomic E-state index is 13.9. The van der Waals surface area contributed by atoms with E-state index < -0.39 is 0 Å². The topological polar surface area (TPSA) is 27.7 Å². The van der Waals surface area contributed by atoms with Crippen molar-refractivity contribution in [2.75, 3.05) is 47.4 Å². The molecule has 0 radical (unpaired) electrons. The number of rotatable bonds is 4. The lowest BCUT2D eigenvalue weighted by molar-refractivity contribution is 0.0670. The van der Waals surface area contributed by atoms with Crippen molar-refractivity contribution in [2.45, 2.75) is 6.17 Å². The summed E-state index contributed by atoms with van der Waals surface area (Å²) in [5.74, 6) is -0.0106. The fraction of sp³-hybridized carbons (Fsp3) is 0.571. The van der Waals surface area contributed by atoms with Gasteiger partial charge in [-0.2, -0.15) is 0 Å². The summed E-state index contributed by atoms with van der Waals surface area (Å²) < 4.78 is 18.8. The van der Waals surface area contributed by atoms with Crippen molar-refractivity contribution in [3.05, 3.63) is 29.6 Å². The first kappa shape index (κ1) is 14.2. The van der Waals surface area contributed by atoms with E-state index in [9.17, 15) is 4.39 Å². The van der Waals surface area contributed by atoms with E-state index in [1.807, 2.05) is 20.2 Å². The summed E-state index contributed by atoms with van der Waals surface area (Å²) in [6, 6.07) is 5.21. The van der Waals surface area contributed by atoms with Crippen molar-refractivity contribution in [3.63, 3.8) is 0 Å². The minimum atomic E-state index is -0.304. The average molecular weight is 267 g/mol. The molecule has 0 amide bonds. The van der Waals surface area contributed by atoms with Crippen molar-refractivity contribution in [1.29, 1.82) is 0 Å². The molecular weight excluding hydrogens is 245 g/mol. The Labute approximate surface area is 114 Å². The van der Waals surface area contributed by atoms with Crippen LogP contribution in [-0.2, 0) is 0 Å². The number of nitrogens with one attached hydrogen (secondary N) is 1. The predicted molar refractivity (Wildman–Crippen MR) is 73.8 cm³/mol. The normalized spacial score (nSPS) is 18.6. The maximum absolute atomic E-state index is 13.9. The summed E-state index contributed by atoms with van der Waals surface area (Å²) in [4.78, 5) is 4.48. The van der Waals surface area contributed by atoms with E-state index in [1.165, 1.54) is 7.11 Å². The van der Waals surface area contributed by atoms with Gasteiger partial charge in [0.05, 0.1) is 13.3 Å². The zero-order chi connectivity index (χ0) is 13.8. The molecule has 5 heteroatoms. The molecule has 1 atom stereocenters. The summed E-state index contributed by atoms with van der Waals surface area (Å²) in [6.45, 7) is 3.89. The SMILES string of the molecule is COc1ccc(C(N(C)C)N2CCNCC2)cc1F. The van der Waals surface area contributed by atoms with Crippen molar-refractivity contribution in [3.8, 4) is 5.75 Å². The third-order valence-corrected chi connectivity index (χ3v) is 3.46. The van der Waals surface area contributed by atoms with Crippen LogP contribution in [0.4, 0.5) is 4.39 Å². The molecular formula is C14H22FN3O. The Kier molecular flexibility index (Phi) is 4.74. The molecule has 1 saturated heterocycles. The molecule has 1 aliphatic heterocycles. The van der Waals surface area contributed by atoms with Crippen LogP contribution in [0.15, 0.2) is 18.2 Å². The maximum Gasteiger partial charge on any atom is 0.165 e. The minimum Gasteiger partial charge on any atom is -0.494 e. The van der Waals surface area contributed by atoms with Gasteiger partial charge >= 0.3 is 0 Å². The summed E-state index contributed by atoms with van der Waals surface area (Å²) in [7, 11) is 5.53. The lowest BCUT2D eigenvalue weighted by Gasteiger charge is -2.38. The zero-order valence-electron chi connectivity index (χ0n) is 11.8. The highest BCUT2D eigenvalue weighted by Crippen LogP contribution is 2.27. The Bertz CT molecular complexity index is 419. The van der Waals surface area contributed by atoms with Crippen LogP contribution in [-0.4, -0.2) is 57.2 Å². The second-order valence-electron chi connectivity index (χ2n) is 5.02. The number of hydrogen-bond acceptors (Lipinski definition) is 4. The molecule has 1 unspecified atom stereocenters. The monoisotopic (exact) mass is 267 g/mol. The molecule has 0 spiro atoms. The molecule has 0 aromatic heterocycles. The molecule has 1 aromatic carbocycles. The molecule has 1 aliphatic rings. The van der Waals surface area contributed by atoms with Gasteiger partial charge in [-0.15, -0.1) is 0 Å². The Morgan fingerprint density at radius 3 is 2.53 bits per heavy atom. The van der Waals surface area contributed by atoms with Crippen molar-refractivity contribution in [1.82, 2.24) is 15.1 Å². The van der Waals surface area contributed by atoms with Gasteiger partial charge in [0, 0.05) is 26.2 Å². The minimum absolute atomic E-state index is 0.0995. The molecule has 0 saturated carbocycles. The fourth-order valence-electron chi connectivity index (χ4n) is 2.61. The Morgan fingerprint density at radius 2 is 2.00 bits per heavy atom. The van der Waals surface area contributed by atoms with E-state index >= 15 is 0 Å². The molecule has 1 fully saturated rings. The van der Waals surface area contributed by atoms with E-state index in [0.717, 1.165) is 31.7 Å². The van der Waals surface area contributed by atoms with Gasteiger partial charge in [0.25, 0.3) is 0 Å². The van der Waals surface area contributed by atoms with Crippen LogP contribution in [0.5, 0.6) is 5.75 Å². The number of ether oxygens (including phenoxy) is 1. The van der Waals surface area contributed by atoms with Crippen LogP contribution in [0.2, 0.25) is 0 Å². The number of halogens is 1. The van der Waals surface area contributed by atoms with Crippen LogP contribution in [0.25, 0.3) is 0 Å². The van der Waals surface area contributed by atoms with Crippen LogP contribution in [0.3, 0.4) is 0 Å². The fourth-order valence-corrected chi connectivity index (χ4v) is 2.61. The van der Waals surface area contributed by atoms with Crippen molar-refractivity contribution < 1.29 is 9.13 Å². The first-order chi connectivity index (χ1) is 9.13. The van der Waals surface area contributed by atoms with Gasteiger partial charge in [0.2, 0.25) is 0 Å². The summed E-state index contributed by atoms with van der Waals surface area (Å²) in [6.07, 6.45) is 0.0995. The number of nitrogens with zero attached hydrogens (tertiary/aromatic N) is 2. The van der Waals surface area contributed by atoms with Gasteiger partial charge in [-0.25, -0.2) is 4.39 Å². The van der Waals surface area contributed by atoms with E-state index in [0.29, 0.717) is 5.75 Å². The molecule has 0 aliphatic carbocycles. The standard InChI is InChI=1S/C14H22FN3O/c1-17(2)14(18-8-6-16-7-9-18)11-4-5-13(19-3)12(15)10-11/h4-5,10,14,16H,6-9H2,1-3H3. The van der Waals surface area contributed by atoms with E-state index in [-0.39, 0.29) is 12.0 Å². The molecule has 1 heterocycles. The predicted octanol–water partition coefficient (Wildman–Crippen LogP) is 1.30. The highest BCUT2D eigenvalue weighted by atomic mass is 19.1. The molecule has 1 aromatic rings. The second-order valence-corrected chi connectivity index (χ2v) is 5.02. The Balaban J connectivity index is 2.25.